The summed E-state index contributed by atoms with van der Waals surface area (Å²) in [6.45, 7) is 7.97. The van der Waals surface area contributed by atoms with E-state index in [-0.39, 0.29) is 55.0 Å². The van der Waals surface area contributed by atoms with Gasteiger partial charge in [0.05, 0.1) is 37.3 Å². The van der Waals surface area contributed by atoms with Crippen LogP contribution in [0.15, 0.2) is 0 Å². The predicted molar refractivity (Wildman–Crippen MR) is 209 cm³/mol. The van der Waals surface area contributed by atoms with Crippen LogP contribution in [-0.2, 0) is 33.4 Å². The average Bonchev–Trinajstić information content (AvgIpc) is 3.43. The maximum atomic E-state index is 14.3. The van der Waals surface area contributed by atoms with Gasteiger partial charge >= 0.3 is 0 Å². The lowest BCUT2D eigenvalue weighted by atomic mass is 9.82. The Labute approximate surface area is 323 Å². The summed E-state index contributed by atoms with van der Waals surface area (Å²) in [4.78, 5) is 68.4. The van der Waals surface area contributed by atoms with Gasteiger partial charge in [0.1, 0.15) is 18.1 Å². The van der Waals surface area contributed by atoms with Gasteiger partial charge < -0.3 is 47.5 Å². The standard InChI is InChI=1S/C40H73N7O7/c1-6-14-33(38(50)46-35(29-17-12-7-8-13-18-29)39(51)45-32(22-41)36(43)48)47(5)40(52)27(4)34(19-28-15-10-9-11-16-28)54-24-26(3)44-37(49)25(2)23-53-31-20-30(42)21-31/h25-35H,6-24,41-42H2,1-5H3,(H2,43,48)(H,44,49)(H,45,51)(H,46,50)/t25-,26+,27+,30?,31?,32-,33-,34+,35-/m0/s1. The van der Waals surface area contributed by atoms with E-state index in [1.807, 2.05) is 27.7 Å². The first-order valence-corrected chi connectivity index (χ1v) is 20.9. The fourth-order valence-electron chi connectivity index (χ4n) is 8.17. The van der Waals surface area contributed by atoms with Crippen LogP contribution in [0.5, 0.6) is 0 Å². The third kappa shape index (κ3) is 14.4. The summed E-state index contributed by atoms with van der Waals surface area (Å²) in [5, 5.41) is 8.70. The maximum Gasteiger partial charge on any atom is 0.243 e. The molecule has 0 aromatic carbocycles. The van der Waals surface area contributed by atoms with Gasteiger partial charge in [-0.05, 0) is 57.3 Å². The number of amides is 5. The highest BCUT2D eigenvalue weighted by Gasteiger charge is 2.38. The fraction of sp³-hybridized carbons (Fsp3) is 0.875. The van der Waals surface area contributed by atoms with E-state index < -0.39 is 47.9 Å². The smallest absolute Gasteiger partial charge is 0.243 e. The van der Waals surface area contributed by atoms with Gasteiger partial charge in [0, 0.05) is 25.7 Å². The molecule has 0 saturated heterocycles. The zero-order valence-electron chi connectivity index (χ0n) is 33.8. The van der Waals surface area contributed by atoms with E-state index in [2.05, 4.69) is 16.0 Å². The van der Waals surface area contributed by atoms with Gasteiger partial charge in [-0.3, -0.25) is 24.0 Å². The van der Waals surface area contributed by atoms with Gasteiger partial charge in [0.25, 0.3) is 0 Å². The summed E-state index contributed by atoms with van der Waals surface area (Å²) in [5.74, 6) is -2.55. The highest BCUT2D eigenvalue weighted by atomic mass is 16.5. The Hall–Kier alpha value is -2.81. The summed E-state index contributed by atoms with van der Waals surface area (Å²) < 4.78 is 12.3. The largest absolute Gasteiger partial charge is 0.377 e. The van der Waals surface area contributed by atoms with E-state index in [1.54, 1.807) is 7.05 Å². The van der Waals surface area contributed by atoms with Crippen LogP contribution >= 0.6 is 0 Å². The number of primary amides is 1. The molecule has 3 aliphatic carbocycles. The molecule has 0 aromatic rings. The monoisotopic (exact) mass is 764 g/mol. The first kappa shape index (κ1) is 45.6. The molecule has 9 N–H and O–H groups in total. The molecule has 5 amide bonds. The van der Waals surface area contributed by atoms with E-state index in [1.165, 1.54) is 11.3 Å². The molecule has 7 atom stereocenters. The minimum atomic E-state index is -1.05. The number of nitrogens with two attached hydrogens (primary N) is 3. The molecule has 3 fully saturated rings. The van der Waals surface area contributed by atoms with Crippen LogP contribution in [0, 0.1) is 23.7 Å². The average molecular weight is 764 g/mol. The lowest BCUT2D eigenvalue weighted by Gasteiger charge is -2.36. The van der Waals surface area contributed by atoms with E-state index in [0.29, 0.717) is 31.8 Å². The molecule has 0 radical (unpaired) electrons. The maximum absolute atomic E-state index is 14.3. The Balaban J connectivity index is 1.70. The Morgan fingerprint density at radius 1 is 0.815 bits per heavy atom. The van der Waals surface area contributed by atoms with Crippen molar-refractivity contribution in [3.05, 3.63) is 0 Å². The first-order chi connectivity index (χ1) is 25.7. The first-order valence-electron chi connectivity index (χ1n) is 20.9. The second-order valence-electron chi connectivity index (χ2n) is 16.6. The Morgan fingerprint density at radius 2 is 1.43 bits per heavy atom. The van der Waals surface area contributed by atoms with Crippen molar-refractivity contribution in [3.8, 4) is 0 Å². The van der Waals surface area contributed by atoms with Crippen molar-refractivity contribution in [2.24, 2.45) is 40.9 Å². The van der Waals surface area contributed by atoms with Crippen LogP contribution in [0.25, 0.3) is 0 Å². The highest BCUT2D eigenvalue weighted by molar-refractivity contribution is 5.94. The van der Waals surface area contributed by atoms with Crippen LogP contribution in [0.4, 0.5) is 0 Å². The molecule has 0 spiro atoms. The van der Waals surface area contributed by atoms with Gasteiger partial charge in [0.15, 0.2) is 0 Å². The van der Waals surface area contributed by atoms with Crippen LogP contribution in [0.3, 0.4) is 0 Å². The summed E-state index contributed by atoms with van der Waals surface area (Å²) in [6, 6.07) is -2.87. The lowest BCUT2D eigenvalue weighted by molar-refractivity contribution is -0.147. The number of carbonyl (C=O) groups is 5. The third-order valence-corrected chi connectivity index (χ3v) is 11.9. The van der Waals surface area contributed by atoms with Crippen molar-refractivity contribution >= 4 is 29.5 Å². The molecular weight excluding hydrogens is 690 g/mol. The molecule has 310 valence electrons. The van der Waals surface area contributed by atoms with Crippen LogP contribution in [-0.4, -0.2) is 104 Å². The SMILES string of the molecule is CCC[C@@H](C(=O)N[C@H](C(=O)N[C@@H](CN)C(N)=O)C1CCCCCC1)N(C)C(=O)[C@H](C)[C@@H](CC1CCCCC1)OC[C@@H](C)NC(=O)[C@@H](C)COC1CC(N)C1. The molecule has 14 nitrogen and oxygen atoms in total. The number of rotatable bonds is 22. The van der Waals surface area contributed by atoms with Crippen molar-refractivity contribution in [2.75, 3.05) is 26.8 Å². The number of ether oxygens (including phenoxy) is 2. The molecular formula is C40H73N7O7. The predicted octanol–water partition coefficient (Wildman–Crippen LogP) is 2.64. The zero-order valence-corrected chi connectivity index (χ0v) is 33.8. The molecule has 0 unspecified atom stereocenters. The van der Waals surface area contributed by atoms with Crippen molar-refractivity contribution < 1.29 is 33.4 Å². The lowest BCUT2D eigenvalue weighted by Crippen LogP contribution is -2.60. The number of carbonyl (C=O) groups excluding carboxylic acids is 5. The summed E-state index contributed by atoms with van der Waals surface area (Å²) in [6.07, 6.45) is 14.3. The highest BCUT2D eigenvalue weighted by Crippen LogP contribution is 2.31. The minimum Gasteiger partial charge on any atom is -0.377 e. The van der Waals surface area contributed by atoms with Gasteiger partial charge in [-0.1, -0.05) is 85.0 Å². The van der Waals surface area contributed by atoms with Crippen molar-refractivity contribution in [3.63, 3.8) is 0 Å². The van der Waals surface area contributed by atoms with E-state index in [4.69, 9.17) is 26.7 Å². The minimum absolute atomic E-state index is 0.111. The fourth-order valence-corrected chi connectivity index (χ4v) is 8.17. The van der Waals surface area contributed by atoms with Crippen molar-refractivity contribution in [2.45, 2.75) is 173 Å². The van der Waals surface area contributed by atoms with Crippen LogP contribution in [0.2, 0.25) is 0 Å². The van der Waals surface area contributed by atoms with Crippen LogP contribution in [0.1, 0.15) is 130 Å². The van der Waals surface area contributed by atoms with Crippen LogP contribution < -0.4 is 33.2 Å². The number of hydrogen-bond acceptors (Lipinski definition) is 9. The number of nitrogens with zero attached hydrogens (tertiary/aromatic N) is 1. The summed E-state index contributed by atoms with van der Waals surface area (Å²) in [5.41, 5.74) is 17.0. The molecule has 0 heterocycles. The van der Waals surface area contributed by atoms with Crippen molar-refractivity contribution in [1.29, 1.82) is 0 Å². The zero-order chi connectivity index (χ0) is 39.8. The Kier molecular flexibility index (Phi) is 19.7. The normalized spacial score (nSPS) is 23.6. The van der Waals surface area contributed by atoms with E-state index in [0.717, 1.165) is 77.0 Å². The molecule has 3 saturated carbocycles. The quantitative estimate of drug-likeness (QED) is 0.0892. The molecule has 0 bridgehead atoms. The summed E-state index contributed by atoms with van der Waals surface area (Å²) >= 11 is 0. The van der Waals surface area contributed by atoms with Gasteiger partial charge in [-0.15, -0.1) is 0 Å². The van der Waals surface area contributed by atoms with Gasteiger partial charge in [-0.25, -0.2) is 0 Å². The molecule has 0 aliphatic heterocycles. The number of nitrogens with one attached hydrogen (secondary N) is 3. The topological polar surface area (TPSA) is 221 Å². The van der Waals surface area contributed by atoms with Gasteiger partial charge in [-0.2, -0.15) is 0 Å². The number of hydrogen-bond donors (Lipinski definition) is 6. The molecule has 54 heavy (non-hydrogen) atoms. The molecule has 3 rings (SSSR count). The Bertz CT molecular complexity index is 1190. The molecule has 14 heteroatoms. The second-order valence-corrected chi connectivity index (χ2v) is 16.6. The molecule has 3 aliphatic rings. The summed E-state index contributed by atoms with van der Waals surface area (Å²) in [7, 11) is 1.65. The Morgan fingerprint density at radius 3 is 2.00 bits per heavy atom. The number of likely N-dealkylation sites (N-methyl/N-ethyl adjacent to an activating group) is 1. The van der Waals surface area contributed by atoms with Crippen molar-refractivity contribution in [1.82, 2.24) is 20.9 Å². The van der Waals surface area contributed by atoms with E-state index in [9.17, 15) is 24.0 Å². The van der Waals surface area contributed by atoms with E-state index >= 15 is 0 Å². The third-order valence-electron chi connectivity index (χ3n) is 11.9. The molecule has 0 aromatic heterocycles. The second kappa shape index (κ2) is 23.3. The van der Waals surface area contributed by atoms with Gasteiger partial charge in [0.2, 0.25) is 29.5 Å².